The van der Waals surface area contributed by atoms with Crippen molar-refractivity contribution in [3.8, 4) is 0 Å². The number of benzene rings is 2. The van der Waals surface area contributed by atoms with Crippen LogP contribution in [0.15, 0.2) is 59.5 Å². The third-order valence-electron chi connectivity index (χ3n) is 4.54. The van der Waals surface area contributed by atoms with Crippen LogP contribution in [0.1, 0.15) is 28.8 Å². The fourth-order valence-electron chi connectivity index (χ4n) is 2.87. The van der Waals surface area contributed by atoms with E-state index in [0.29, 0.717) is 12.8 Å². The zero-order chi connectivity index (χ0) is 19.4. The summed E-state index contributed by atoms with van der Waals surface area (Å²) in [6.07, 6.45) is 0.773. The number of rotatable bonds is 7. The molecule has 1 aliphatic carbocycles. The summed E-state index contributed by atoms with van der Waals surface area (Å²) in [4.78, 5) is 23.1. The smallest absolute Gasteiger partial charge is 0.306 e. The van der Waals surface area contributed by atoms with Gasteiger partial charge in [-0.05, 0) is 36.6 Å². The third-order valence-corrected chi connectivity index (χ3v) is 5.94. The Kier molecular flexibility index (Phi) is 5.57. The van der Waals surface area contributed by atoms with Crippen LogP contribution in [0.2, 0.25) is 0 Å². The summed E-state index contributed by atoms with van der Waals surface area (Å²) in [5, 5.41) is 11.6. The highest BCUT2D eigenvalue weighted by Gasteiger charge is 2.35. The zero-order valence-electron chi connectivity index (χ0n) is 14.5. The van der Waals surface area contributed by atoms with Crippen LogP contribution >= 0.6 is 0 Å². The lowest BCUT2D eigenvalue weighted by Gasteiger charge is -2.32. The summed E-state index contributed by atoms with van der Waals surface area (Å²) in [6, 6.07) is 14.7. The molecule has 3 N–H and O–H groups in total. The van der Waals surface area contributed by atoms with Gasteiger partial charge in [0.05, 0.1) is 10.8 Å². The molecule has 1 amide bonds. The van der Waals surface area contributed by atoms with Gasteiger partial charge < -0.3 is 10.4 Å². The van der Waals surface area contributed by atoms with E-state index in [1.807, 2.05) is 30.3 Å². The van der Waals surface area contributed by atoms with Crippen LogP contribution in [0.4, 0.5) is 0 Å². The number of hydrogen-bond acceptors (Lipinski definition) is 4. The first-order valence-corrected chi connectivity index (χ1v) is 10.0. The highest BCUT2D eigenvalue weighted by molar-refractivity contribution is 7.89. The summed E-state index contributed by atoms with van der Waals surface area (Å²) >= 11 is 0. The molecule has 7 nitrogen and oxygen atoms in total. The van der Waals surface area contributed by atoms with Crippen LogP contribution in [0.3, 0.4) is 0 Å². The van der Waals surface area contributed by atoms with Crippen molar-refractivity contribution in [2.24, 2.45) is 5.92 Å². The molecule has 2 aromatic carbocycles. The molecule has 0 saturated heterocycles. The predicted octanol–water partition coefficient (Wildman–Crippen LogP) is 1.76. The summed E-state index contributed by atoms with van der Waals surface area (Å²) < 4.78 is 27.5. The molecule has 142 valence electrons. The number of nitrogens with one attached hydrogen (secondary N) is 2. The SMILES string of the molecule is O=C(NC1CC(C(=O)O)C1)c1cccc(S(=O)(=O)NCc2ccccc2)c1. The fourth-order valence-corrected chi connectivity index (χ4v) is 3.93. The van der Waals surface area contributed by atoms with E-state index in [9.17, 15) is 18.0 Å². The number of carbonyl (C=O) groups excluding carboxylic acids is 1. The molecule has 0 aromatic heterocycles. The standard InChI is InChI=1S/C19H20N2O5S/c22-18(21-16-9-15(10-16)19(23)24)14-7-4-8-17(11-14)27(25,26)20-12-13-5-2-1-3-6-13/h1-8,11,15-16,20H,9-10,12H2,(H,21,22)(H,23,24). The van der Waals surface area contributed by atoms with Crippen molar-refractivity contribution in [2.75, 3.05) is 0 Å². The number of hydrogen-bond donors (Lipinski definition) is 3. The van der Waals surface area contributed by atoms with Crippen LogP contribution in [0.25, 0.3) is 0 Å². The molecular formula is C19H20N2O5S. The van der Waals surface area contributed by atoms with Gasteiger partial charge in [-0.2, -0.15) is 0 Å². The van der Waals surface area contributed by atoms with Crippen LogP contribution < -0.4 is 10.0 Å². The maximum Gasteiger partial charge on any atom is 0.306 e. The van der Waals surface area contributed by atoms with Gasteiger partial charge in [0, 0.05) is 18.2 Å². The van der Waals surface area contributed by atoms with Crippen molar-refractivity contribution in [2.45, 2.75) is 30.3 Å². The van der Waals surface area contributed by atoms with Crippen molar-refractivity contribution in [3.05, 3.63) is 65.7 Å². The minimum Gasteiger partial charge on any atom is -0.481 e. The lowest BCUT2D eigenvalue weighted by Crippen LogP contribution is -2.46. The number of carbonyl (C=O) groups is 2. The molecule has 0 spiro atoms. The van der Waals surface area contributed by atoms with E-state index in [2.05, 4.69) is 10.0 Å². The summed E-state index contributed by atoms with van der Waals surface area (Å²) in [7, 11) is -3.76. The number of aliphatic carboxylic acids is 1. The summed E-state index contributed by atoms with van der Waals surface area (Å²) in [5.41, 5.74) is 1.05. The average molecular weight is 388 g/mol. The van der Waals surface area contributed by atoms with E-state index < -0.39 is 27.8 Å². The Morgan fingerprint density at radius 3 is 2.41 bits per heavy atom. The van der Waals surface area contributed by atoms with Gasteiger partial charge in [-0.1, -0.05) is 36.4 Å². The molecule has 8 heteroatoms. The summed E-state index contributed by atoms with van der Waals surface area (Å²) in [5.74, 6) is -1.70. The van der Waals surface area contributed by atoms with Crippen molar-refractivity contribution in [1.82, 2.24) is 10.0 Å². The Balaban J connectivity index is 1.64. The minimum atomic E-state index is -3.76. The van der Waals surface area contributed by atoms with Crippen LogP contribution in [-0.2, 0) is 21.4 Å². The van der Waals surface area contributed by atoms with Crippen LogP contribution in [-0.4, -0.2) is 31.4 Å². The Labute approximate surface area is 157 Å². The van der Waals surface area contributed by atoms with Crippen molar-refractivity contribution < 1.29 is 23.1 Å². The molecular weight excluding hydrogens is 368 g/mol. The van der Waals surface area contributed by atoms with Crippen LogP contribution in [0, 0.1) is 5.92 Å². The topological polar surface area (TPSA) is 113 Å². The molecule has 1 aliphatic rings. The highest BCUT2D eigenvalue weighted by Crippen LogP contribution is 2.27. The molecule has 27 heavy (non-hydrogen) atoms. The van der Waals surface area contributed by atoms with Gasteiger partial charge in [0.1, 0.15) is 0 Å². The van der Waals surface area contributed by atoms with E-state index in [0.717, 1.165) is 5.56 Å². The number of carboxylic acids is 1. The van der Waals surface area contributed by atoms with Gasteiger partial charge in [-0.15, -0.1) is 0 Å². The second-order valence-corrected chi connectivity index (χ2v) is 8.28. The fraction of sp³-hybridized carbons (Fsp3) is 0.263. The molecule has 0 aliphatic heterocycles. The van der Waals surface area contributed by atoms with Gasteiger partial charge in [0.2, 0.25) is 10.0 Å². The van der Waals surface area contributed by atoms with Crippen molar-refractivity contribution >= 4 is 21.9 Å². The second-order valence-electron chi connectivity index (χ2n) is 6.51. The number of carboxylic acid groups (broad SMARTS) is 1. The lowest BCUT2D eigenvalue weighted by molar-refractivity contribution is -0.145. The maximum atomic E-state index is 12.5. The lowest BCUT2D eigenvalue weighted by atomic mass is 9.80. The Bertz CT molecular complexity index is 938. The molecule has 1 fully saturated rings. The quantitative estimate of drug-likeness (QED) is 0.669. The average Bonchev–Trinajstić information content (AvgIpc) is 2.63. The molecule has 0 atom stereocenters. The van der Waals surface area contributed by atoms with Gasteiger partial charge in [-0.3, -0.25) is 9.59 Å². The molecule has 0 radical (unpaired) electrons. The Hall–Kier alpha value is -2.71. The van der Waals surface area contributed by atoms with Gasteiger partial charge >= 0.3 is 5.97 Å². The van der Waals surface area contributed by atoms with Gasteiger partial charge in [0.25, 0.3) is 5.91 Å². The first-order chi connectivity index (χ1) is 12.8. The Morgan fingerprint density at radius 2 is 1.74 bits per heavy atom. The molecule has 1 saturated carbocycles. The van der Waals surface area contributed by atoms with Crippen LogP contribution in [0.5, 0.6) is 0 Å². The maximum absolute atomic E-state index is 12.5. The first kappa shape index (κ1) is 19.1. The Morgan fingerprint density at radius 1 is 1.04 bits per heavy atom. The van der Waals surface area contributed by atoms with Gasteiger partial charge in [-0.25, -0.2) is 13.1 Å². The second kappa shape index (κ2) is 7.89. The van der Waals surface area contributed by atoms with E-state index in [1.54, 1.807) is 0 Å². The monoisotopic (exact) mass is 388 g/mol. The first-order valence-electron chi connectivity index (χ1n) is 8.52. The van der Waals surface area contributed by atoms with Crippen molar-refractivity contribution in [3.63, 3.8) is 0 Å². The zero-order valence-corrected chi connectivity index (χ0v) is 15.3. The van der Waals surface area contributed by atoms with E-state index in [1.165, 1.54) is 24.3 Å². The molecule has 0 unspecified atom stereocenters. The minimum absolute atomic E-state index is 0.00287. The normalized spacial score (nSPS) is 19.1. The van der Waals surface area contributed by atoms with Crippen molar-refractivity contribution in [1.29, 1.82) is 0 Å². The number of sulfonamides is 1. The largest absolute Gasteiger partial charge is 0.481 e. The third kappa shape index (κ3) is 4.72. The number of amides is 1. The predicted molar refractivity (Wildman–Crippen MR) is 98.5 cm³/mol. The summed E-state index contributed by atoms with van der Waals surface area (Å²) in [6.45, 7) is 0.151. The molecule has 3 rings (SSSR count). The molecule has 0 heterocycles. The van der Waals surface area contributed by atoms with Gasteiger partial charge in [0.15, 0.2) is 0 Å². The van der Waals surface area contributed by atoms with E-state index in [4.69, 9.17) is 5.11 Å². The van der Waals surface area contributed by atoms with E-state index in [-0.39, 0.29) is 23.0 Å². The highest BCUT2D eigenvalue weighted by atomic mass is 32.2. The molecule has 2 aromatic rings. The van der Waals surface area contributed by atoms with E-state index >= 15 is 0 Å². The molecule has 0 bridgehead atoms.